The molecule has 0 amide bonds. The maximum absolute atomic E-state index is 6.43. The van der Waals surface area contributed by atoms with Gasteiger partial charge >= 0.3 is 0 Å². The SMILES string of the molecule is COc1ccc(CNc2ccc3c(c2)C(OCc2ccccc2)C(OC)C(C)(C)O3)cc1. The van der Waals surface area contributed by atoms with Crippen molar-refractivity contribution in [2.45, 2.75) is 44.8 Å². The Labute approximate surface area is 190 Å². The molecule has 0 aliphatic carbocycles. The summed E-state index contributed by atoms with van der Waals surface area (Å²) in [6.45, 7) is 5.29. The lowest BCUT2D eigenvalue weighted by molar-refractivity contribution is -0.153. The molecule has 5 nitrogen and oxygen atoms in total. The molecule has 4 rings (SSSR count). The van der Waals surface area contributed by atoms with Crippen molar-refractivity contribution in [2.75, 3.05) is 19.5 Å². The zero-order valence-electron chi connectivity index (χ0n) is 19.1. The Bertz CT molecular complexity index is 1020. The van der Waals surface area contributed by atoms with Crippen molar-refractivity contribution >= 4 is 5.69 Å². The number of hydrogen-bond acceptors (Lipinski definition) is 5. The van der Waals surface area contributed by atoms with Crippen LogP contribution in [0.25, 0.3) is 0 Å². The summed E-state index contributed by atoms with van der Waals surface area (Å²) >= 11 is 0. The number of rotatable bonds is 8. The summed E-state index contributed by atoms with van der Waals surface area (Å²) in [5, 5.41) is 3.50. The van der Waals surface area contributed by atoms with Gasteiger partial charge in [0.25, 0.3) is 0 Å². The summed E-state index contributed by atoms with van der Waals surface area (Å²) in [6, 6.07) is 24.4. The molecule has 3 aromatic carbocycles. The van der Waals surface area contributed by atoms with Gasteiger partial charge in [0.2, 0.25) is 0 Å². The summed E-state index contributed by atoms with van der Waals surface area (Å²) in [6.07, 6.45) is -0.489. The second-order valence-electron chi connectivity index (χ2n) is 8.53. The smallest absolute Gasteiger partial charge is 0.132 e. The third kappa shape index (κ3) is 4.90. The molecule has 0 fully saturated rings. The van der Waals surface area contributed by atoms with Crippen LogP contribution in [-0.4, -0.2) is 25.9 Å². The van der Waals surface area contributed by atoms with E-state index in [1.165, 1.54) is 5.56 Å². The summed E-state index contributed by atoms with van der Waals surface area (Å²) in [5.41, 5.74) is 3.79. The molecule has 0 saturated heterocycles. The first-order valence-electron chi connectivity index (χ1n) is 10.9. The van der Waals surface area contributed by atoms with E-state index in [0.29, 0.717) is 13.2 Å². The molecule has 0 saturated carbocycles. The second kappa shape index (κ2) is 9.63. The first-order valence-corrected chi connectivity index (χ1v) is 10.9. The highest BCUT2D eigenvalue weighted by atomic mass is 16.6. The third-order valence-electron chi connectivity index (χ3n) is 5.83. The zero-order chi connectivity index (χ0) is 22.6. The van der Waals surface area contributed by atoms with Gasteiger partial charge in [-0.1, -0.05) is 42.5 Å². The lowest BCUT2D eigenvalue weighted by atomic mass is 9.88. The number of ether oxygens (including phenoxy) is 4. The Hall–Kier alpha value is -3.02. The van der Waals surface area contributed by atoms with Crippen LogP contribution in [0.15, 0.2) is 72.8 Å². The minimum atomic E-state index is -0.513. The highest BCUT2D eigenvalue weighted by Gasteiger charge is 2.45. The fraction of sp³-hybridized carbons (Fsp3) is 0.333. The van der Waals surface area contributed by atoms with Crippen LogP contribution in [0.5, 0.6) is 11.5 Å². The van der Waals surface area contributed by atoms with E-state index in [9.17, 15) is 0 Å². The Balaban J connectivity index is 1.55. The van der Waals surface area contributed by atoms with Crippen LogP contribution in [0.4, 0.5) is 5.69 Å². The molecule has 0 aromatic heterocycles. The third-order valence-corrected chi connectivity index (χ3v) is 5.83. The van der Waals surface area contributed by atoms with Gasteiger partial charge in [-0.15, -0.1) is 0 Å². The van der Waals surface area contributed by atoms with E-state index in [4.69, 9.17) is 18.9 Å². The minimum absolute atomic E-state index is 0.240. The van der Waals surface area contributed by atoms with Gasteiger partial charge in [0.05, 0.1) is 13.7 Å². The first-order chi connectivity index (χ1) is 15.5. The van der Waals surface area contributed by atoms with Crippen molar-refractivity contribution in [3.63, 3.8) is 0 Å². The standard InChI is InChI=1S/C27H31NO4/c1-27(2)26(30-4)25(31-18-20-8-6-5-7-9-20)23-16-21(12-15-24(23)32-27)28-17-19-10-13-22(29-3)14-11-19/h5-16,25-26,28H,17-18H2,1-4H3. The lowest BCUT2D eigenvalue weighted by Gasteiger charge is -2.43. The summed E-state index contributed by atoms with van der Waals surface area (Å²) in [5.74, 6) is 1.68. The number of fused-ring (bicyclic) bond motifs is 1. The van der Waals surface area contributed by atoms with Crippen LogP contribution in [-0.2, 0) is 22.6 Å². The Morgan fingerprint density at radius 2 is 1.66 bits per heavy atom. The van der Waals surface area contributed by atoms with Gasteiger partial charge in [0.1, 0.15) is 29.3 Å². The topological polar surface area (TPSA) is 49.0 Å². The van der Waals surface area contributed by atoms with Gasteiger partial charge in [-0.05, 0) is 55.3 Å². The molecule has 2 atom stereocenters. The zero-order valence-corrected chi connectivity index (χ0v) is 19.1. The molecule has 0 radical (unpaired) electrons. The monoisotopic (exact) mass is 433 g/mol. The molecule has 5 heteroatoms. The Morgan fingerprint density at radius 1 is 0.906 bits per heavy atom. The normalized spacial score (nSPS) is 19.0. The van der Waals surface area contributed by atoms with Gasteiger partial charge in [-0.25, -0.2) is 0 Å². The highest BCUT2D eigenvalue weighted by Crippen LogP contribution is 2.44. The van der Waals surface area contributed by atoms with Crippen molar-refractivity contribution < 1.29 is 18.9 Å². The van der Waals surface area contributed by atoms with Gasteiger partial charge in [0, 0.05) is 24.9 Å². The molecular formula is C27H31NO4. The number of anilines is 1. The number of nitrogens with one attached hydrogen (secondary N) is 1. The molecule has 168 valence electrons. The van der Waals surface area contributed by atoms with Crippen LogP contribution in [0, 0.1) is 0 Å². The van der Waals surface area contributed by atoms with E-state index in [1.807, 2.05) is 56.3 Å². The molecule has 0 spiro atoms. The molecule has 32 heavy (non-hydrogen) atoms. The molecule has 3 aromatic rings. The van der Waals surface area contributed by atoms with Crippen molar-refractivity contribution in [3.8, 4) is 11.5 Å². The molecule has 1 aliphatic rings. The van der Waals surface area contributed by atoms with Gasteiger partial charge in [0.15, 0.2) is 0 Å². The summed E-state index contributed by atoms with van der Waals surface area (Å²) in [7, 11) is 3.39. The molecular weight excluding hydrogens is 402 g/mol. The maximum atomic E-state index is 6.43. The van der Waals surface area contributed by atoms with Gasteiger partial charge in [-0.2, -0.15) is 0 Å². The van der Waals surface area contributed by atoms with E-state index in [2.05, 4.69) is 35.6 Å². The van der Waals surface area contributed by atoms with Crippen LogP contribution in [0.3, 0.4) is 0 Å². The summed E-state index contributed by atoms with van der Waals surface area (Å²) < 4.78 is 23.8. The van der Waals surface area contributed by atoms with E-state index in [1.54, 1.807) is 14.2 Å². The van der Waals surface area contributed by atoms with Crippen molar-refractivity contribution in [2.24, 2.45) is 0 Å². The lowest BCUT2D eigenvalue weighted by Crippen LogP contribution is -2.50. The Morgan fingerprint density at radius 3 is 2.34 bits per heavy atom. The summed E-state index contributed by atoms with van der Waals surface area (Å²) in [4.78, 5) is 0. The Kier molecular flexibility index (Phi) is 6.68. The van der Waals surface area contributed by atoms with Gasteiger partial charge < -0.3 is 24.3 Å². The largest absolute Gasteiger partial charge is 0.497 e. The molecule has 0 bridgehead atoms. The van der Waals surface area contributed by atoms with Crippen LogP contribution in [0.2, 0.25) is 0 Å². The van der Waals surface area contributed by atoms with Gasteiger partial charge in [-0.3, -0.25) is 0 Å². The number of methoxy groups -OCH3 is 2. The number of hydrogen-bond donors (Lipinski definition) is 1. The van der Waals surface area contributed by atoms with Crippen molar-refractivity contribution in [3.05, 3.63) is 89.5 Å². The highest BCUT2D eigenvalue weighted by molar-refractivity contribution is 5.54. The molecule has 1 heterocycles. The molecule has 1 N–H and O–H groups in total. The minimum Gasteiger partial charge on any atom is -0.497 e. The molecule has 1 aliphatic heterocycles. The van der Waals surface area contributed by atoms with E-state index >= 15 is 0 Å². The molecule has 2 unspecified atom stereocenters. The predicted molar refractivity (Wildman–Crippen MR) is 126 cm³/mol. The number of benzene rings is 3. The van der Waals surface area contributed by atoms with E-state index < -0.39 is 5.60 Å². The maximum Gasteiger partial charge on any atom is 0.132 e. The fourth-order valence-corrected chi connectivity index (χ4v) is 4.14. The van der Waals surface area contributed by atoms with Crippen LogP contribution >= 0.6 is 0 Å². The van der Waals surface area contributed by atoms with Crippen LogP contribution in [0.1, 0.15) is 36.6 Å². The van der Waals surface area contributed by atoms with E-state index in [0.717, 1.165) is 28.3 Å². The van der Waals surface area contributed by atoms with E-state index in [-0.39, 0.29) is 12.2 Å². The average Bonchev–Trinajstić information content (AvgIpc) is 2.81. The first kappa shape index (κ1) is 22.2. The van der Waals surface area contributed by atoms with Crippen LogP contribution < -0.4 is 14.8 Å². The average molecular weight is 434 g/mol. The van der Waals surface area contributed by atoms with Crippen molar-refractivity contribution in [1.29, 1.82) is 0 Å². The second-order valence-corrected chi connectivity index (χ2v) is 8.53. The fourth-order valence-electron chi connectivity index (χ4n) is 4.14. The quantitative estimate of drug-likeness (QED) is 0.490. The predicted octanol–water partition coefficient (Wildman–Crippen LogP) is 5.75. The van der Waals surface area contributed by atoms with Crippen molar-refractivity contribution in [1.82, 2.24) is 0 Å².